The summed E-state index contributed by atoms with van der Waals surface area (Å²) in [4.78, 5) is 19.8. The molecule has 0 unspecified atom stereocenters. The predicted molar refractivity (Wildman–Crippen MR) is 101 cm³/mol. The van der Waals surface area contributed by atoms with Crippen LogP contribution in [0.5, 0.6) is 0 Å². The summed E-state index contributed by atoms with van der Waals surface area (Å²) in [6.07, 6.45) is 5.67. The van der Waals surface area contributed by atoms with Crippen LogP contribution in [0.3, 0.4) is 0 Å². The Bertz CT molecular complexity index is 1020. The Balaban J connectivity index is 1.38. The van der Waals surface area contributed by atoms with Gasteiger partial charge in [-0.1, -0.05) is 13.3 Å². The van der Waals surface area contributed by atoms with Gasteiger partial charge in [-0.25, -0.2) is 9.78 Å². The van der Waals surface area contributed by atoms with Crippen molar-refractivity contribution in [3.63, 3.8) is 0 Å². The number of H-pyrrole nitrogens is 1. The maximum atomic E-state index is 12.3. The number of fused-ring (bicyclic) bond motifs is 3. The first-order valence-electron chi connectivity index (χ1n) is 9.80. The lowest BCUT2D eigenvalue weighted by Crippen LogP contribution is -2.60. The second-order valence-electron chi connectivity index (χ2n) is 8.17. The third kappa shape index (κ3) is 2.81. The average Bonchev–Trinajstić information content (AvgIpc) is 3.36. The van der Waals surface area contributed by atoms with Gasteiger partial charge in [-0.15, -0.1) is 10.2 Å². The third-order valence-corrected chi connectivity index (χ3v) is 5.99. The average molecular weight is 384 g/mol. The number of amides is 1. The van der Waals surface area contributed by atoms with E-state index in [0.717, 1.165) is 41.9 Å². The number of ether oxygens (including phenoxy) is 2. The summed E-state index contributed by atoms with van der Waals surface area (Å²) in [6.45, 7) is 5.19. The molecule has 0 spiro atoms. The Morgan fingerprint density at radius 1 is 1.43 bits per heavy atom. The minimum atomic E-state index is -0.366. The summed E-state index contributed by atoms with van der Waals surface area (Å²) in [5, 5.41) is 11.7. The summed E-state index contributed by atoms with van der Waals surface area (Å²) in [6, 6.07) is 1.99. The number of aromatic amines is 1. The first-order valence-corrected chi connectivity index (χ1v) is 9.80. The maximum Gasteiger partial charge on any atom is 0.407 e. The number of hydrogen-bond acceptors (Lipinski definition) is 6. The highest BCUT2D eigenvalue weighted by molar-refractivity contribution is 5.74. The highest BCUT2D eigenvalue weighted by Crippen LogP contribution is 2.42. The number of aromatic nitrogens is 5. The van der Waals surface area contributed by atoms with Crippen LogP contribution in [0.4, 0.5) is 4.79 Å². The Morgan fingerprint density at radius 2 is 2.29 bits per heavy atom. The Labute approximate surface area is 161 Å². The van der Waals surface area contributed by atoms with E-state index in [1.165, 1.54) is 0 Å². The molecule has 4 heterocycles. The fourth-order valence-electron chi connectivity index (χ4n) is 4.48. The number of carbonyl (C=O) groups excluding carboxylic acids is 1. The van der Waals surface area contributed by atoms with Gasteiger partial charge < -0.3 is 19.8 Å². The van der Waals surface area contributed by atoms with E-state index in [0.29, 0.717) is 19.1 Å². The fraction of sp³-hybridized carbons (Fsp3) is 0.579. The van der Waals surface area contributed by atoms with Crippen LogP contribution in [0.15, 0.2) is 18.5 Å². The molecule has 1 aliphatic carbocycles. The molecule has 148 valence electrons. The molecular weight excluding hydrogens is 360 g/mol. The normalized spacial score (nSPS) is 26.4. The monoisotopic (exact) mass is 384 g/mol. The zero-order valence-corrected chi connectivity index (χ0v) is 16.0. The molecule has 9 nitrogen and oxygen atoms in total. The summed E-state index contributed by atoms with van der Waals surface area (Å²) in [7, 11) is 0. The van der Waals surface area contributed by atoms with Crippen LogP contribution in [0.25, 0.3) is 16.8 Å². The van der Waals surface area contributed by atoms with Crippen molar-refractivity contribution in [2.45, 2.75) is 50.7 Å². The third-order valence-electron chi connectivity index (χ3n) is 5.99. The van der Waals surface area contributed by atoms with Crippen molar-refractivity contribution < 1.29 is 14.3 Å². The number of alkyl carbamates (subject to hydrolysis) is 1. The molecule has 1 saturated carbocycles. The highest BCUT2D eigenvalue weighted by Gasteiger charge is 2.41. The molecule has 9 heteroatoms. The van der Waals surface area contributed by atoms with E-state index in [9.17, 15) is 4.79 Å². The topological polar surface area (TPSA) is 106 Å². The number of carbonyl (C=O) groups is 1. The molecule has 1 amide bonds. The summed E-state index contributed by atoms with van der Waals surface area (Å²) < 4.78 is 13.0. The van der Waals surface area contributed by atoms with E-state index in [-0.39, 0.29) is 23.7 Å². The molecule has 1 saturated heterocycles. The molecular formula is C19H24N6O3. The van der Waals surface area contributed by atoms with Crippen molar-refractivity contribution in [2.75, 3.05) is 13.2 Å². The van der Waals surface area contributed by atoms with Gasteiger partial charge in [-0.2, -0.15) is 0 Å². The van der Waals surface area contributed by atoms with Gasteiger partial charge in [-0.05, 0) is 31.7 Å². The Kier molecular flexibility index (Phi) is 4.01. The predicted octanol–water partition coefficient (Wildman–Crippen LogP) is 2.39. The summed E-state index contributed by atoms with van der Waals surface area (Å²) in [5.41, 5.74) is 2.20. The molecule has 1 aliphatic heterocycles. The molecule has 5 rings (SSSR count). The number of nitrogens with one attached hydrogen (secondary N) is 2. The number of nitrogens with zero attached hydrogens (tertiary/aromatic N) is 4. The molecule has 0 radical (unpaired) electrons. The van der Waals surface area contributed by atoms with Crippen molar-refractivity contribution in [1.29, 1.82) is 0 Å². The molecule has 2 fully saturated rings. The molecule has 3 atom stereocenters. The Hall–Kier alpha value is -2.68. The molecule has 0 bridgehead atoms. The first-order chi connectivity index (χ1) is 13.6. The van der Waals surface area contributed by atoms with E-state index in [2.05, 4.69) is 36.8 Å². The fourth-order valence-corrected chi connectivity index (χ4v) is 4.48. The van der Waals surface area contributed by atoms with E-state index in [1.54, 1.807) is 6.20 Å². The first kappa shape index (κ1) is 17.4. The lowest BCUT2D eigenvalue weighted by Gasteiger charge is -2.38. The largest absolute Gasteiger partial charge is 0.446 e. The molecule has 3 aromatic rings. The van der Waals surface area contributed by atoms with Crippen LogP contribution in [-0.2, 0) is 9.47 Å². The van der Waals surface area contributed by atoms with Gasteiger partial charge in [0.2, 0.25) is 0 Å². The van der Waals surface area contributed by atoms with Gasteiger partial charge in [0.25, 0.3) is 0 Å². The number of hydrogen-bond donors (Lipinski definition) is 2. The van der Waals surface area contributed by atoms with E-state index >= 15 is 0 Å². The molecule has 2 aliphatic rings. The maximum absolute atomic E-state index is 12.3. The van der Waals surface area contributed by atoms with Crippen LogP contribution >= 0.6 is 0 Å². The van der Waals surface area contributed by atoms with Crippen molar-refractivity contribution in [3.05, 3.63) is 24.3 Å². The van der Waals surface area contributed by atoms with E-state index < -0.39 is 0 Å². The molecule has 2 N–H and O–H groups in total. The zero-order valence-electron chi connectivity index (χ0n) is 16.0. The van der Waals surface area contributed by atoms with Crippen molar-refractivity contribution >= 4 is 22.9 Å². The van der Waals surface area contributed by atoms with Gasteiger partial charge >= 0.3 is 6.09 Å². The minimum absolute atomic E-state index is 0.129. The highest BCUT2D eigenvalue weighted by atomic mass is 16.6. The summed E-state index contributed by atoms with van der Waals surface area (Å²) >= 11 is 0. The SMILES string of the molecule is CC[C@@H]1C[C@H](OC(=O)NC2(C)COC2)C[C@@H]1c1nnc2cnc3[nH]ccc3n12. The minimum Gasteiger partial charge on any atom is -0.446 e. The van der Waals surface area contributed by atoms with Gasteiger partial charge in [0.15, 0.2) is 11.3 Å². The lowest BCUT2D eigenvalue weighted by molar-refractivity contribution is -0.0636. The van der Waals surface area contributed by atoms with Gasteiger partial charge in [0.05, 0.1) is 30.5 Å². The second-order valence-corrected chi connectivity index (χ2v) is 8.17. The van der Waals surface area contributed by atoms with Gasteiger partial charge in [0, 0.05) is 12.1 Å². The standard InChI is InChI=1S/C19H24N6O3/c1-3-11-6-12(28-18(26)22-19(2)9-27-10-19)7-13(11)17-24-23-15-8-21-16-14(25(15)17)4-5-20-16/h4-5,8,11-13,20H,3,6-7,9-10H2,1-2H3,(H,22,26)/t11-,12+,13+/m1/s1. The van der Waals surface area contributed by atoms with Crippen LogP contribution in [0, 0.1) is 5.92 Å². The van der Waals surface area contributed by atoms with Crippen LogP contribution in [0.2, 0.25) is 0 Å². The van der Waals surface area contributed by atoms with Gasteiger partial charge in [-0.3, -0.25) is 4.40 Å². The second kappa shape index (κ2) is 6.44. The smallest absolute Gasteiger partial charge is 0.407 e. The van der Waals surface area contributed by atoms with Crippen LogP contribution in [0.1, 0.15) is 44.9 Å². The van der Waals surface area contributed by atoms with Crippen LogP contribution < -0.4 is 5.32 Å². The Morgan fingerprint density at radius 3 is 3.04 bits per heavy atom. The van der Waals surface area contributed by atoms with Crippen LogP contribution in [-0.4, -0.2) is 55.5 Å². The number of rotatable bonds is 4. The summed E-state index contributed by atoms with van der Waals surface area (Å²) in [5.74, 6) is 1.48. The van der Waals surface area contributed by atoms with Crippen molar-refractivity contribution in [3.8, 4) is 0 Å². The molecule has 28 heavy (non-hydrogen) atoms. The quantitative estimate of drug-likeness (QED) is 0.715. The van der Waals surface area contributed by atoms with Crippen molar-refractivity contribution in [1.82, 2.24) is 29.9 Å². The zero-order chi connectivity index (χ0) is 19.3. The van der Waals surface area contributed by atoms with Crippen molar-refractivity contribution in [2.24, 2.45) is 5.92 Å². The molecule has 3 aromatic heterocycles. The molecule has 0 aromatic carbocycles. The van der Waals surface area contributed by atoms with E-state index in [4.69, 9.17) is 9.47 Å². The van der Waals surface area contributed by atoms with E-state index in [1.807, 2.05) is 19.2 Å². The lowest BCUT2D eigenvalue weighted by atomic mass is 9.93. The van der Waals surface area contributed by atoms with Gasteiger partial charge in [0.1, 0.15) is 11.9 Å².